The average Bonchev–Trinajstić information content (AvgIpc) is 3.29. The number of hydrogen-bond donors (Lipinski definition) is 1. The summed E-state index contributed by atoms with van der Waals surface area (Å²) in [5.74, 6) is 0.0260. The van der Waals surface area contributed by atoms with Gasteiger partial charge in [0.2, 0.25) is 6.79 Å². The minimum absolute atomic E-state index is 0.113. The molecule has 3 rings (SSSR count). The third kappa shape index (κ3) is 4.56. The second-order valence-corrected chi connectivity index (χ2v) is 6.89. The fourth-order valence-corrected chi connectivity index (χ4v) is 3.16. The number of halogens is 1. The first kappa shape index (κ1) is 18.3. The molecule has 2 heterocycles. The quantitative estimate of drug-likeness (QED) is 0.601. The van der Waals surface area contributed by atoms with Gasteiger partial charge in [0.15, 0.2) is 17.6 Å². The Bertz CT molecular complexity index is 834. The highest BCUT2D eigenvalue weighted by Gasteiger charge is 2.18. The standard InChI is InChI=1S/C18H16ClNO5S/c1-11(18(22)20-9-13-3-2-6-26-13)25-16(21)5-4-12-7-14(19)17-15(8-12)23-10-24-17/h2-8,11H,9-10H2,1H3,(H,20,22)/b5-4+/t11-/m0/s1. The van der Waals surface area contributed by atoms with E-state index in [1.165, 1.54) is 19.1 Å². The van der Waals surface area contributed by atoms with E-state index in [2.05, 4.69) is 5.32 Å². The summed E-state index contributed by atoms with van der Waals surface area (Å²) in [7, 11) is 0. The van der Waals surface area contributed by atoms with Crippen LogP contribution in [0.3, 0.4) is 0 Å². The maximum absolute atomic E-state index is 12.0. The molecule has 0 radical (unpaired) electrons. The summed E-state index contributed by atoms with van der Waals surface area (Å²) in [6.45, 7) is 2.04. The Hall–Kier alpha value is -2.51. The van der Waals surface area contributed by atoms with Crippen LogP contribution in [-0.4, -0.2) is 24.8 Å². The first-order valence-electron chi connectivity index (χ1n) is 7.81. The third-order valence-electron chi connectivity index (χ3n) is 3.54. The van der Waals surface area contributed by atoms with Gasteiger partial charge >= 0.3 is 5.97 Å². The Kier molecular flexibility index (Phi) is 5.80. The van der Waals surface area contributed by atoms with Crippen molar-refractivity contribution in [2.24, 2.45) is 0 Å². The Morgan fingerprint density at radius 3 is 3.04 bits per heavy atom. The number of thiophene rings is 1. The lowest BCUT2D eigenvalue weighted by Gasteiger charge is -2.11. The Balaban J connectivity index is 1.52. The van der Waals surface area contributed by atoms with Gasteiger partial charge in [0, 0.05) is 11.0 Å². The van der Waals surface area contributed by atoms with E-state index in [9.17, 15) is 9.59 Å². The molecule has 1 aliphatic heterocycles. The SMILES string of the molecule is C[C@H](OC(=O)/C=C/c1cc(Cl)c2c(c1)OCO2)C(=O)NCc1cccs1. The fraction of sp³-hybridized carbons (Fsp3) is 0.222. The van der Waals surface area contributed by atoms with E-state index in [-0.39, 0.29) is 12.7 Å². The molecule has 0 bridgehead atoms. The van der Waals surface area contributed by atoms with Crippen LogP contribution < -0.4 is 14.8 Å². The maximum Gasteiger partial charge on any atom is 0.331 e. The van der Waals surface area contributed by atoms with Gasteiger partial charge < -0.3 is 19.5 Å². The molecule has 26 heavy (non-hydrogen) atoms. The number of amides is 1. The lowest BCUT2D eigenvalue weighted by molar-refractivity contribution is -0.150. The Labute approximate surface area is 159 Å². The van der Waals surface area contributed by atoms with Gasteiger partial charge in [0.05, 0.1) is 11.6 Å². The zero-order chi connectivity index (χ0) is 18.5. The van der Waals surface area contributed by atoms with Crippen molar-refractivity contribution >= 4 is 40.9 Å². The van der Waals surface area contributed by atoms with Crippen molar-refractivity contribution in [2.45, 2.75) is 19.6 Å². The Morgan fingerprint density at radius 2 is 2.27 bits per heavy atom. The predicted octanol–water partition coefficient (Wildman–Crippen LogP) is 3.39. The van der Waals surface area contributed by atoms with Gasteiger partial charge in [-0.25, -0.2) is 4.79 Å². The smallest absolute Gasteiger partial charge is 0.331 e. The number of carbonyl (C=O) groups is 2. The first-order valence-corrected chi connectivity index (χ1v) is 9.06. The molecule has 6 nitrogen and oxygen atoms in total. The number of nitrogens with one attached hydrogen (secondary N) is 1. The maximum atomic E-state index is 12.0. The normalized spacial score (nSPS) is 13.6. The molecule has 0 saturated carbocycles. The van der Waals surface area contributed by atoms with Crippen molar-refractivity contribution in [1.29, 1.82) is 0 Å². The molecule has 136 valence electrons. The van der Waals surface area contributed by atoms with Crippen LogP contribution >= 0.6 is 22.9 Å². The molecule has 1 atom stereocenters. The van der Waals surface area contributed by atoms with Gasteiger partial charge in [0.1, 0.15) is 0 Å². The van der Waals surface area contributed by atoms with Gasteiger partial charge in [0.25, 0.3) is 5.91 Å². The molecule has 1 aromatic heterocycles. The van der Waals surface area contributed by atoms with E-state index in [0.29, 0.717) is 28.6 Å². The van der Waals surface area contributed by atoms with Crippen molar-refractivity contribution in [3.63, 3.8) is 0 Å². The highest BCUT2D eigenvalue weighted by atomic mass is 35.5. The summed E-state index contributed by atoms with van der Waals surface area (Å²) in [5.41, 5.74) is 0.658. The topological polar surface area (TPSA) is 73.9 Å². The van der Waals surface area contributed by atoms with Gasteiger partial charge in [-0.2, -0.15) is 0 Å². The molecule has 2 aromatic rings. The fourth-order valence-electron chi connectivity index (χ4n) is 2.25. The van der Waals surface area contributed by atoms with Crippen LogP contribution in [0.2, 0.25) is 5.02 Å². The lowest BCUT2D eigenvalue weighted by Crippen LogP contribution is -2.34. The molecule has 1 N–H and O–H groups in total. The summed E-state index contributed by atoms with van der Waals surface area (Å²) in [6, 6.07) is 7.18. The molecule has 8 heteroatoms. The van der Waals surface area contributed by atoms with Crippen molar-refractivity contribution in [2.75, 3.05) is 6.79 Å². The zero-order valence-electron chi connectivity index (χ0n) is 13.9. The molecule has 0 spiro atoms. The molecule has 0 aliphatic carbocycles. The minimum Gasteiger partial charge on any atom is -0.454 e. The van der Waals surface area contributed by atoms with Crippen LogP contribution in [0.25, 0.3) is 6.08 Å². The van der Waals surface area contributed by atoms with Crippen LogP contribution in [0.4, 0.5) is 0 Å². The van der Waals surface area contributed by atoms with Crippen molar-refractivity contribution in [1.82, 2.24) is 5.32 Å². The molecule has 0 unspecified atom stereocenters. The van der Waals surface area contributed by atoms with Crippen molar-refractivity contribution in [3.05, 3.63) is 51.2 Å². The van der Waals surface area contributed by atoms with E-state index in [4.69, 9.17) is 25.8 Å². The van der Waals surface area contributed by atoms with Crippen LogP contribution in [0, 0.1) is 0 Å². The highest BCUT2D eigenvalue weighted by molar-refractivity contribution is 7.09. The number of carbonyl (C=O) groups excluding carboxylic acids is 2. The molecule has 1 amide bonds. The van der Waals surface area contributed by atoms with Gasteiger partial charge in [-0.1, -0.05) is 17.7 Å². The molecule has 0 fully saturated rings. The summed E-state index contributed by atoms with van der Waals surface area (Å²) in [6.07, 6.45) is 1.87. The molecule has 0 saturated heterocycles. The first-order chi connectivity index (χ1) is 12.5. The van der Waals surface area contributed by atoms with Gasteiger partial charge in [-0.3, -0.25) is 4.79 Å². The second kappa shape index (κ2) is 8.25. The van der Waals surface area contributed by atoms with Gasteiger partial charge in [-0.05, 0) is 42.1 Å². The highest BCUT2D eigenvalue weighted by Crippen LogP contribution is 2.40. The van der Waals surface area contributed by atoms with Crippen LogP contribution in [-0.2, 0) is 20.9 Å². The third-order valence-corrected chi connectivity index (χ3v) is 4.70. The van der Waals surface area contributed by atoms with E-state index >= 15 is 0 Å². The number of esters is 1. The predicted molar refractivity (Wildman–Crippen MR) is 98.3 cm³/mol. The van der Waals surface area contributed by atoms with Gasteiger partial charge in [-0.15, -0.1) is 11.3 Å². The number of fused-ring (bicyclic) bond motifs is 1. The summed E-state index contributed by atoms with van der Waals surface area (Å²) < 4.78 is 15.6. The molecular formula is C18H16ClNO5S. The summed E-state index contributed by atoms with van der Waals surface area (Å²) >= 11 is 7.63. The number of rotatable bonds is 6. The average molecular weight is 394 g/mol. The van der Waals surface area contributed by atoms with Crippen molar-refractivity contribution in [3.8, 4) is 11.5 Å². The van der Waals surface area contributed by atoms with Crippen molar-refractivity contribution < 1.29 is 23.8 Å². The number of benzene rings is 1. The molecule has 1 aromatic carbocycles. The zero-order valence-corrected chi connectivity index (χ0v) is 15.4. The second-order valence-electron chi connectivity index (χ2n) is 5.45. The molecular weight excluding hydrogens is 378 g/mol. The van der Waals surface area contributed by atoms with E-state index in [1.807, 2.05) is 17.5 Å². The Morgan fingerprint density at radius 1 is 1.42 bits per heavy atom. The largest absolute Gasteiger partial charge is 0.454 e. The monoisotopic (exact) mass is 393 g/mol. The van der Waals surface area contributed by atoms with E-state index < -0.39 is 12.1 Å². The van der Waals surface area contributed by atoms with Crippen LogP contribution in [0.15, 0.2) is 35.7 Å². The van der Waals surface area contributed by atoms with E-state index in [0.717, 1.165) is 4.88 Å². The number of ether oxygens (including phenoxy) is 3. The summed E-state index contributed by atoms with van der Waals surface area (Å²) in [4.78, 5) is 24.9. The lowest BCUT2D eigenvalue weighted by atomic mass is 10.2. The van der Waals surface area contributed by atoms with Crippen LogP contribution in [0.1, 0.15) is 17.4 Å². The molecule has 1 aliphatic rings. The van der Waals surface area contributed by atoms with E-state index in [1.54, 1.807) is 23.5 Å². The minimum atomic E-state index is -0.896. The van der Waals surface area contributed by atoms with Crippen LogP contribution in [0.5, 0.6) is 11.5 Å². The number of hydrogen-bond acceptors (Lipinski definition) is 6. The summed E-state index contributed by atoms with van der Waals surface area (Å²) in [5, 5.41) is 5.05.